The second kappa shape index (κ2) is 11.1. The molecule has 2 atom stereocenters. The van der Waals surface area contributed by atoms with Crippen LogP contribution in [-0.4, -0.2) is 70.8 Å². The molecule has 0 amide bonds. The summed E-state index contributed by atoms with van der Waals surface area (Å²) in [4.78, 5) is 22.1. The Morgan fingerprint density at radius 2 is 1.71 bits per heavy atom. The van der Waals surface area contributed by atoms with Gasteiger partial charge in [0.05, 0.1) is 5.60 Å². The highest BCUT2D eigenvalue weighted by Gasteiger charge is 2.40. The first kappa shape index (κ1) is 26.4. The van der Waals surface area contributed by atoms with Gasteiger partial charge in [0.1, 0.15) is 5.82 Å². The second-order valence-corrected chi connectivity index (χ2v) is 6.61. The summed E-state index contributed by atoms with van der Waals surface area (Å²) in [5.41, 5.74) is 0.0741. The maximum atomic E-state index is 10.6. The van der Waals surface area contributed by atoms with Crippen LogP contribution in [0, 0.1) is 0 Å². The number of carboxylic acid groups (broad SMARTS) is 2. The van der Waals surface area contributed by atoms with Crippen molar-refractivity contribution in [1.29, 1.82) is 0 Å². The van der Waals surface area contributed by atoms with Crippen LogP contribution in [0.3, 0.4) is 0 Å². The topological polar surface area (TPSA) is 121 Å². The van der Waals surface area contributed by atoms with Gasteiger partial charge in [0.2, 0.25) is 0 Å². The van der Waals surface area contributed by atoms with Gasteiger partial charge >= 0.3 is 24.3 Å². The number of hydrogen-bond donors (Lipinski definition) is 4. The monoisotopic (exact) mass is 461 g/mol. The highest BCUT2D eigenvalue weighted by Crippen LogP contribution is 2.31. The van der Waals surface area contributed by atoms with Crippen molar-refractivity contribution in [1.82, 2.24) is 10.3 Å². The summed E-state index contributed by atoms with van der Waals surface area (Å²) in [6.45, 7) is 2.93. The van der Waals surface area contributed by atoms with Crippen molar-refractivity contribution in [3.8, 4) is 0 Å². The molecule has 2 fully saturated rings. The summed E-state index contributed by atoms with van der Waals surface area (Å²) >= 11 is 0. The molecule has 0 saturated carbocycles. The van der Waals surface area contributed by atoms with Crippen LogP contribution in [0.25, 0.3) is 0 Å². The number of carbonyl (C=O) groups is 2. The van der Waals surface area contributed by atoms with Gasteiger partial charge < -0.3 is 25.6 Å². The third-order valence-electron chi connectivity index (χ3n) is 4.20. The molecule has 2 saturated heterocycles. The molecule has 14 heteroatoms. The summed E-state index contributed by atoms with van der Waals surface area (Å²) in [6, 6.07) is 6.47. The van der Waals surface area contributed by atoms with Crippen molar-refractivity contribution in [3.05, 3.63) is 24.4 Å². The highest BCUT2D eigenvalue weighted by atomic mass is 19.4. The number of nitrogens with zero attached hydrogens (tertiary/aromatic N) is 1. The number of halogens is 6. The molecule has 1 aromatic rings. The predicted molar refractivity (Wildman–Crippen MR) is 94.4 cm³/mol. The van der Waals surface area contributed by atoms with Crippen LogP contribution in [0.2, 0.25) is 0 Å². The average molecular weight is 461 g/mol. The average Bonchev–Trinajstić information content (AvgIpc) is 3.09. The number of pyridine rings is 1. The third-order valence-corrected chi connectivity index (χ3v) is 4.20. The van der Waals surface area contributed by atoms with E-state index in [4.69, 9.17) is 24.5 Å². The van der Waals surface area contributed by atoms with Crippen molar-refractivity contribution in [2.45, 2.75) is 43.3 Å². The quantitative estimate of drug-likeness (QED) is 0.497. The van der Waals surface area contributed by atoms with Crippen LogP contribution in [0.15, 0.2) is 24.4 Å². The van der Waals surface area contributed by atoms with Crippen molar-refractivity contribution in [2.75, 3.05) is 25.0 Å². The standard InChI is InChI=1S/C13H19N3O.2C2HF3O2/c1-2-6-15-12(3-1)16-11-4-8-17-13(9-11)5-7-14-10-13;2*3-2(4,5)1(6)7/h1-3,6,11,14H,4-5,7-10H2,(H,15,16);2*(H,6,7)/t11-,13-;;/m1../s1. The number of rotatable bonds is 2. The fraction of sp³-hybridized carbons (Fsp3) is 0.588. The molecule has 0 bridgehead atoms. The van der Waals surface area contributed by atoms with E-state index in [-0.39, 0.29) is 5.60 Å². The van der Waals surface area contributed by atoms with Crippen LogP contribution < -0.4 is 10.6 Å². The van der Waals surface area contributed by atoms with E-state index in [0.29, 0.717) is 6.04 Å². The Labute approximate surface area is 172 Å². The first-order chi connectivity index (χ1) is 14.3. The van der Waals surface area contributed by atoms with Crippen molar-refractivity contribution < 1.29 is 50.9 Å². The maximum absolute atomic E-state index is 10.6. The first-order valence-electron chi connectivity index (χ1n) is 8.88. The van der Waals surface area contributed by atoms with E-state index < -0.39 is 24.3 Å². The molecule has 0 unspecified atom stereocenters. The predicted octanol–water partition coefficient (Wildman–Crippen LogP) is 2.67. The van der Waals surface area contributed by atoms with Crippen LogP contribution in [0.5, 0.6) is 0 Å². The zero-order chi connectivity index (χ0) is 23.7. The van der Waals surface area contributed by atoms with Gasteiger partial charge in [-0.25, -0.2) is 14.6 Å². The Morgan fingerprint density at radius 3 is 2.13 bits per heavy atom. The lowest BCUT2D eigenvalue weighted by Gasteiger charge is -2.38. The zero-order valence-electron chi connectivity index (χ0n) is 16.0. The van der Waals surface area contributed by atoms with Crippen LogP contribution >= 0.6 is 0 Å². The van der Waals surface area contributed by atoms with Gasteiger partial charge in [-0.3, -0.25) is 0 Å². The van der Waals surface area contributed by atoms with E-state index in [0.717, 1.165) is 44.8 Å². The summed E-state index contributed by atoms with van der Waals surface area (Å²) in [5.74, 6) is -4.54. The zero-order valence-corrected chi connectivity index (χ0v) is 16.0. The number of aromatic nitrogens is 1. The number of carboxylic acids is 2. The molecule has 2 aliphatic rings. The summed E-state index contributed by atoms with van der Waals surface area (Å²) in [6.07, 6.45) is -5.06. The smallest absolute Gasteiger partial charge is 0.475 e. The van der Waals surface area contributed by atoms with E-state index in [9.17, 15) is 26.3 Å². The SMILES string of the molecule is O=C(O)C(F)(F)F.O=C(O)C(F)(F)F.c1ccc(N[C@@H]2CCO[C@]3(CCNC3)C2)nc1. The normalized spacial score (nSPS) is 23.1. The number of alkyl halides is 6. The number of hydrogen-bond acceptors (Lipinski definition) is 6. The molecule has 0 aliphatic carbocycles. The number of nitrogens with one attached hydrogen (secondary N) is 2. The number of ether oxygens (including phenoxy) is 1. The van der Waals surface area contributed by atoms with E-state index in [1.165, 1.54) is 0 Å². The highest BCUT2D eigenvalue weighted by molar-refractivity contribution is 5.73. The maximum Gasteiger partial charge on any atom is 0.490 e. The van der Waals surface area contributed by atoms with Crippen molar-refractivity contribution >= 4 is 17.8 Å². The fourth-order valence-electron chi connectivity index (χ4n) is 2.83. The lowest BCUT2D eigenvalue weighted by Crippen LogP contribution is -2.45. The molecule has 1 spiro atoms. The van der Waals surface area contributed by atoms with Gasteiger partial charge in [-0.1, -0.05) is 6.07 Å². The van der Waals surface area contributed by atoms with Crippen molar-refractivity contribution in [3.63, 3.8) is 0 Å². The van der Waals surface area contributed by atoms with Crippen LogP contribution in [0.1, 0.15) is 19.3 Å². The Bertz CT molecular complexity index is 684. The van der Waals surface area contributed by atoms with E-state index in [2.05, 4.69) is 15.6 Å². The van der Waals surface area contributed by atoms with Crippen LogP contribution in [-0.2, 0) is 14.3 Å². The van der Waals surface area contributed by atoms with Gasteiger partial charge in [-0.05, 0) is 37.9 Å². The van der Waals surface area contributed by atoms with E-state index >= 15 is 0 Å². The van der Waals surface area contributed by atoms with E-state index in [1.807, 2.05) is 24.4 Å². The van der Waals surface area contributed by atoms with Gasteiger partial charge in [0.15, 0.2) is 0 Å². The molecule has 31 heavy (non-hydrogen) atoms. The second-order valence-electron chi connectivity index (χ2n) is 6.61. The Balaban J connectivity index is 0.000000288. The molecule has 2 aliphatic heterocycles. The van der Waals surface area contributed by atoms with Crippen molar-refractivity contribution in [2.24, 2.45) is 0 Å². The molecule has 176 valence electrons. The third kappa shape index (κ3) is 9.83. The Kier molecular flexibility index (Phi) is 9.49. The fourth-order valence-corrected chi connectivity index (χ4v) is 2.83. The van der Waals surface area contributed by atoms with Gasteiger partial charge in [-0.2, -0.15) is 26.3 Å². The van der Waals surface area contributed by atoms with Gasteiger partial charge in [0.25, 0.3) is 0 Å². The minimum Gasteiger partial charge on any atom is -0.475 e. The number of anilines is 1. The number of aliphatic carboxylic acids is 2. The first-order valence-corrected chi connectivity index (χ1v) is 8.88. The molecule has 3 heterocycles. The molecule has 4 N–H and O–H groups in total. The molecule has 0 radical (unpaired) electrons. The summed E-state index contributed by atoms with van der Waals surface area (Å²) in [5, 5.41) is 21.2. The molecule has 0 aromatic carbocycles. The van der Waals surface area contributed by atoms with Gasteiger partial charge in [0, 0.05) is 25.4 Å². The van der Waals surface area contributed by atoms with Gasteiger partial charge in [-0.15, -0.1) is 0 Å². The largest absolute Gasteiger partial charge is 0.490 e. The molecule has 8 nitrogen and oxygen atoms in total. The molecular weight excluding hydrogens is 440 g/mol. The lowest BCUT2D eigenvalue weighted by atomic mass is 9.89. The summed E-state index contributed by atoms with van der Waals surface area (Å²) in [7, 11) is 0. The Morgan fingerprint density at radius 1 is 1.13 bits per heavy atom. The minimum absolute atomic E-state index is 0.0741. The molecule has 1 aromatic heterocycles. The minimum atomic E-state index is -5.08. The van der Waals surface area contributed by atoms with Crippen LogP contribution in [0.4, 0.5) is 32.2 Å². The van der Waals surface area contributed by atoms with E-state index in [1.54, 1.807) is 0 Å². The Hall–Kier alpha value is -2.61. The summed E-state index contributed by atoms with van der Waals surface area (Å²) < 4.78 is 69.4. The lowest BCUT2D eigenvalue weighted by molar-refractivity contribution is -0.193. The molecular formula is C17H21F6N3O5. The molecule has 3 rings (SSSR count).